The van der Waals surface area contributed by atoms with Crippen LogP contribution >= 0.6 is 11.3 Å². The van der Waals surface area contributed by atoms with Crippen molar-refractivity contribution in [3.8, 4) is 0 Å². The van der Waals surface area contributed by atoms with Crippen LogP contribution in [-0.4, -0.2) is 35.7 Å². The lowest BCUT2D eigenvalue weighted by molar-refractivity contribution is -0.146. The first-order valence-corrected chi connectivity index (χ1v) is 9.35. The highest BCUT2D eigenvalue weighted by molar-refractivity contribution is 7.10. The fourth-order valence-electron chi connectivity index (χ4n) is 2.73. The summed E-state index contributed by atoms with van der Waals surface area (Å²) in [6, 6.07) is 11.3. The van der Waals surface area contributed by atoms with Crippen LogP contribution in [0.2, 0.25) is 0 Å². The molecule has 26 heavy (non-hydrogen) atoms. The van der Waals surface area contributed by atoms with Crippen LogP contribution in [-0.2, 0) is 14.3 Å². The first-order valence-electron chi connectivity index (χ1n) is 8.47. The Bertz CT molecular complexity index is 800. The molecule has 1 aliphatic heterocycles. The number of benzene rings is 1. The number of nitrogens with one attached hydrogen (secondary N) is 1. The van der Waals surface area contributed by atoms with E-state index in [2.05, 4.69) is 10.4 Å². The molecule has 3 rings (SSSR count). The van der Waals surface area contributed by atoms with E-state index in [1.54, 1.807) is 23.3 Å². The molecular formula is C19H21N3O3S. The predicted octanol–water partition coefficient (Wildman–Crippen LogP) is 3.17. The molecule has 1 aliphatic rings. The van der Waals surface area contributed by atoms with Crippen LogP contribution in [0.1, 0.15) is 29.8 Å². The third kappa shape index (κ3) is 4.36. The van der Waals surface area contributed by atoms with Crippen LogP contribution in [0, 0.1) is 6.92 Å². The molecule has 1 aromatic heterocycles. The number of esters is 1. The predicted molar refractivity (Wildman–Crippen MR) is 101 cm³/mol. The van der Waals surface area contributed by atoms with Gasteiger partial charge in [-0.1, -0.05) is 23.8 Å². The quantitative estimate of drug-likeness (QED) is 0.818. The lowest BCUT2D eigenvalue weighted by Crippen LogP contribution is -2.54. The minimum absolute atomic E-state index is 0.0383. The maximum Gasteiger partial charge on any atom is 0.322 e. The topological polar surface area (TPSA) is 71.0 Å². The average molecular weight is 371 g/mol. The number of ketones is 1. The summed E-state index contributed by atoms with van der Waals surface area (Å²) in [7, 11) is 0. The molecule has 7 heteroatoms. The van der Waals surface area contributed by atoms with Crippen LogP contribution in [0.4, 0.5) is 5.69 Å². The van der Waals surface area contributed by atoms with E-state index in [-0.39, 0.29) is 36.6 Å². The largest absolute Gasteiger partial charge is 0.465 e. The van der Waals surface area contributed by atoms with Gasteiger partial charge < -0.3 is 4.74 Å². The Hall–Kier alpha value is -2.51. The van der Waals surface area contributed by atoms with Gasteiger partial charge in [0.25, 0.3) is 0 Å². The van der Waals surface area contributed by atoms with Gasteiger partial charge in [0, 0.05) is 11.3 Å². The van der Waals surface area contributed by atoms with Gasteiger partial charge >= 0.3 is 5.97 Å². The summed E-state index contributed by atoms with van der Waals surface area (Å²) in [5.74, 6) is -0.180. The van der Waals surface area contributed by atoms with E-state index in [9.17, 15) is 9.59 Å². The summed E-state index contributed by atoms with van der Waals surface area (Å²) in [6.07, 6.45) is 0.262. The molecule has 1 N–H and O–H groups in total. The number of thiophene rings is 1. The van der Waals surface area contributed by atoms with Crippen molar-refractivity contribution < 1.29 is 14.3 Å². The van der Waals surface area contributed by atoms with Crippen molar-refractivity contribution in [1.29, 1.82) is 0 Å². The van der Waals surface area contributed by atoms with Crippen molar-refractivity contribution >= 4 is 34.6 Å². The van der Waals surface area contributed by atoms with Crippen molar-refractivity contribution in [2.24, 2.45) is 4.99 Å². The number of rotatable bonds is 5. The molecule has 1 atom stereocenters. The third-order valence-corrected chi connectivity index (χ3v) is 4.99. The van der Waals surface area contributed by atoms with E-state index in [0.29, 0.717) is 12.3 Å². The second kappa shape index (κ2) is 8.25. The van der Waals surface area contributed by atoms with Crippen molar-refractivity contribution in [3.63, 3.8) is 0 Å². The molecule has 1 saturated heterocycles. The zero-order valence-electron chi connectivity index (χ0n) is 14.8. The fraction of sp³-hybridized carbons (Fsp3) is 0.316. The summed E-state index contributed by atoms with van der Waals surface area (Å²) in [5.41, 5.74) is 4.85. The fourth-order valence-corrected chi connectivity index (χ4v) is 3.56. The monoisotopic (exact) mass is 371 g/mol. The van der Waals surface area contributed by atoms with Crippen LogP contribution < -0.4 is 5.43 Å². The Morgan fingerprint density at radius 2 is 2.12 bits per heavy atom. The van der Waals surface area contributed by atoms with E-state index in [4.69, 9.17) is 4.74 Å². The molecule has 2 heterocycles. The summed E-state index contributed by atoms with van der Waals surface area (Å²) in [5, 5.41) is 3.69. The summed E-state index contributed by atoms with van der Waals surface area (Å²) in [4.78, 5) is 30.0. The van der Waals surface area contributed by atoms with Crippen molar-refractivity contribution in [2.75, 3.05) is 13.2 Å². The molecule has 136 valence electrons. The number of carbonyl (C=O) groups is 2. The summed E-state index contributed by atoms with van der Waals surface area (Å²) >= 11 is 1.56. The standard InChI is InChI=1S/C19H21N3O3S/c1-3-25-18(24)12-22-15(17-5-4-10-26-17)11-16(23)19(21-22)20-14-8-6-13(2)7-9-14/h4-10,15H,3,11-12H2,1-2H3,(H,20,21). The van der Waals surface area contributed by atoms with Crippen LogP contribution in [0.5, 0.6) is 0 Å². The van der Waals surface area contributed by atoms with Gasteiger partial charge in [-0.15, -0.1) is 11.3 Å². The zero-order chi connectivity index (χ0) is 18.5. The maximum atomic E-state index is 12.6. The number of Topliss-reactive ketones (excluding diaryl/α,β-unsaturated/α-hetero) is 1. The number of nitrogens with zero attached hydrogens (tertiary/aromatic N) is 2. The second-order valence-corrected chi connectivity index (χ2v) is 6.98. The number of hydrogen-bond donors (Lipinski definition) is 1. The Morgan fingerprint density at radius 3 is 2.77 bits per heavy atom. The summed E-state index contributed by atoms with van der Waals surface area (Å²) in [6.45, 7) is 4.12. The number of carbonyl (C=O) groups excluding carboxylic acids is 2. The first-order chi connectivity index (χ1) is 12.6. The Balaban J connectivity index is 1.84. The van der Waals surface area contributed by atoms with Crippen LogP contribution in [0.25, 0.3) is 0 Å². The van der Waals surface area contributed by atoms with Gasteiger partial charge in [-0.25, -0.2) is 10.0 Å². The highest BCUT2D eigenvalue weighted by Gasteiger charge is 2.34. The van der Waals surface area contributed by atoms with E-state index >= 15 is 0 Å². The molecule has 0 spiro atoms. The van der Waals surface area contributed by atoms with E-state index in [1.165, 1.54) is 0 Å². The van der Waals surface area contributed by atoms with Gasteiger partial charge in [0.2, 0.25) is 5.78 Å². The van der Waals surface area contributed by atoms with Crippen LogP contribution in [0.3, 0.4) is 0 Å². The number of hydrogen-bond acceptors (Lipinski definition) is 6. The molecule has 0 amide bonds. The lowest BCUT2D eigenvalue weighted by atomic mass is 10.0. The average Bonchev–Trinajstić information content (AvgIpc) is 3.14. The van der Waals surface area contributed by atoms with Gasteiger partial charge in [-0.05, 0) is 37.4 Å². The molecule has 1 fully saturated rings. The Kier molecular flexibility index (Phi) is 5.80. The van der Waals surface area contributed by atoms with Gasteiger partial charge in [-0.2, -0.15) is 0 Å². The van der Waals surface area contributed by atoms with Crippen molar-refractivity contribution in [1.82, 2.24) is 10.4 Å². The van der Waals surface area contributed by atoms with E-state index in [1.807, 2.05) is 48.7 Å². The van der Waals surface area contributed by atoms with E-state index < -0.39 is 0 Å². The normalized spacial score (nSPS) is 19.4. The smallest absolute Gasteiger partial charge is 0.322 e. The number of amidine groups is 1. The van der Waals surface area contributed by atoms with E-state index in [0.717, 1.165) is 10.4 Å². The Labute approximate surface area is 156 Å². The minimum atomic E-state index is -0.342. The van der Waals surface area contributed by atoms with Gasteiger partial charge in [0.15, 0.2) is 5.84 Å². The maximum absolute atomic E-state index is 12.6. The molecular weight excluding hydrogens is 350 g/mol. The summed E-state index contributed by atoms with van der Waals surface area (Å²) < 4.78 is 5.06. The molecule has 1 unspecified atom stereocenters. The highest BCUT2D eigenvalue weighted by atomic mass is 32.1. The van der Waals surface area contributed by atoms with Crippen LogP contribution in [0.15, 0.2) is 46.8 Å². The molecule has 0 saturated carbocycles. The third-order valence-electron chi connectivity index (χ3n) is 4.02. The number of aryl methyl sites for hydroxylation is 1. The van der Waals surface area contributed by atoms with Gasteiger partial charge in [0.05, 0.1) is 18.3 Å². The number of hydrazine groups is 1. The second-order valence-electron chi connectivity index (χ2n) is 6.00. The lowest BCUT2D eigenvalue weighted by Gasteiger charge is -2.35. The van der Waals surface area contributed by atoms with Gasteiger partial charge in [-0.3, -0.25) is 15.0 Å². The zero-order valence-corrected chi connectivity index (χ0v) is 15.6. The first kappa shape index (κ1) is 18.3. The SMILES string of the molecule is CCOC(=O)CN1NC(=Nc2ccc(C)cc2)C(=O)CC1c1cccs1. The van der Waals surface area contributed by atoms with Gasteiger partial charge in [0.1, 0.15) is 6.54 Å². The minimum Gasteiger partial charge on any atom is -0.465 e. The molecule has 6 nitrogen and oxygen atoms in total. The molecule has 0 radical (unpaired) electrons. The Morgan fingerprint density at radius 1 is 1.35 bits per heavy atom. The molecule has 2 aromatic rings. The molecule has 0 aliphatic carbocycles. The molecule has 1 aromatic carbocycles. The number of ether oxygens (including phenoxy) is 1. The van der Waals surface area contributed by atoms with Crippen molar-refractivity contribution in [2.45, 2.75) is 26.3 Å². The number of aliphatic imine (C=N–C) groups is 1. The highest BCUT2D eigenvalue weighted by Crippen LogP contribution is 2.30. The molecule has 0 bridgehead atoms. The van der Waals surface area contributed by atoms with Crippen molar-refractivity contribution in [3.05, 3.63) is 52.2 Å².